The summed E-state index contributed by atoms with van der Waals surface area (Å²) >= 11 is 0. The molecule has 0 radical (unpaired) electrons. The molecular formula is C30H39N9O7. The molecule has 7 N–H and O–H groups in total. The molecule has 2 aliphatic carbocycles. The Morgan fingerprint density at radius 3 is 2.33 bits per heavy atom. The number of rotatable bonds is 11. The molecule has 2 heterocycles. The Bertz CT molecular complexity index is 1610. The molecule has 3 aromatic rings. The number of methoxy groups -OCH3 is 1. The van der Waals surface area contributed by atoms with E-state index in [4.69, 9.17) is 4.74 Å². The van der Waals surface area contributed by atoms with Gasteiger partial charge < -0.3 is 40.9 Å². The Labute approximate surface area is 265 Å². The van der Waals surface area contributed by atoms with Crippen molar-refractivity contribution in [2.45, 2.75) is 56.7 Å². The molecule has 5 rings (SSSR count). The van der Waals surface area contributed by atoms with Crippen molar-refractivity contribution in [3.8, 4) is 17.0 Å². The Kier molecular flexibility index (Phi) is 9.52. The van der Waals surface area contributed by atoms with Gasteiger partial charge in [-0.2, -0.15) is 5.10 Å². The number of ether oxygens (including phenoxy) is 1. The van der Waals surface area contributed by atoms with Crippen LogP contribution in [0.1, 0.15) is 59.5 Å². The summed E-state index contributed by atoms with van der Waals surface area (Å²) in [6, 6.07) is 8.73. The zero-order valence-corrected chi connectivity index (χ0v) is 26.1. The van der Waals surface area contributed by atoms with Gasteiger partial charge in [-0.15, -0.1) is 10.2 Å². The highest BCUT2D eigenvalue weighted by molar-refractivity contribution is 6.00. The minimum Gasteiger partial charge on any atom is -0.494 e. The van der Waals surface area contributed by atoms with Crippen molar-refractivity contribution >= 4 is 34.9 Å². The SMILES string of the molecule is COc1c(Nc2cc(NC(=O)C3CC3)nnc2C(=O)NC(O)(O)O)cccc1-c1cc(C(=O)NC2CCC(N(C)C)CC2)n(C)n1. The van der Waals surface area contributed by atoms with E-state index in [-0.39, 0.29) is 35.3 Å². The number of nitrogens with one attached hydrogen (secondary N) is 4. The average Bonchev–Trinajstić information content (AvgIpc) is 3.78. The molecule has 16 heteroatoms. The molecular weight excluding hydrogens is 598 g/mol. The number of hydrogen-bond donors (Lipinski definition) is 7. The molecule has 2 saturated carbocycles. The first-order valence-corrected chi connectivity index (χ1v) is 15.0. The van der Waals surface area contributed by atoms with Crippen molar-refractivity contribution in [3.63, 3.8) is 0 Å². The van der Waals surface area contributed by atoms with Crippen LogP contribution in [0.5, 0.6) is 5.75 Å². The van der Waals surface area contributed by atoms with E-state index in [2.05, 4.69) is 50.2 Å². The number of benzene rings is 1. The van der Waals surface area contributed by atoms with E-state index in [1.54, 1.807) is 36.6 Å². The summed E-state index contributed by atoms with van der Waals surface area (Å²) in [5.41, 5.74) is 1.29. The molecule has 46 heavy (non-hydrogen) atoms. The zero-order chi connectivity index (χ0) is 33.2. The number of para-hydroxylation sites is 1. The smallest absolute Gasteiger partial charge is 0.369 e. The first-order valence-electron chi connectivity index (χ1n) is 15.0. The van der Waals surface area contributed by atoms with Gasteiger partial charge in [0.2, 0.25) is 5.91 Å². The second-order valence-electron chi connectivity index (χ2n) is 11.8. The Morgan fingerprint density at radius 2 is 1.70 bits per heavy atom. The van der Waals surface area contributed by atoms with Gasteiger partial charge in [0.05, 0.1) is 24.2 Å². The zero-order valence-electron chi connectivity index (χ0n) is 26.1. The van der Waals surface area contributed by atoms with E-state index in [1.807, 2.05) is 0 Å². The van der Waals surface area contributed by atoms with Gasteiger partial charge in [-0.25, -0.2) is 0 Å². The molecule has 246 valence electrons. The van der Waals surface area contributed by atoms with Crippen molar-refractivity contribution in [1.82, 2.24) is 35.5 Å². The highest BCUT2D eigenvalue weighted by atomic mass is 16.7. The fraction of sp³-hybridized carbons (Fsp3) is 0.467. The summed E-state index contributed by atoms with van der Waals surface area (Å²) < 4.78 is 7.24. The number of carbonyl (C=O) groups excluding carboxylic acids is 3. The predicted octanol–water partition coefficient (Wildman–Crippen LogP) is 0.898. The number of amides is 3. The molecule has 3 amide bonds. The number of aliphatic hydroxyl groups is 3. The van der Waals surface area contributed by atoms with Gasteiger partial charge in [0, 0.05) is 36.7 Å². The van der Waals surface area contributed by atoms with Crippen molar-refractivity contribution < 1.29 is 34.4 Å². The largest absolute Gasteiger partial charge is 0.494 e. The molecule has 0 saturated heterocycles. The first-order chi connectivity index (χ1) is 21.8. The Balaban J connectivity index is 1.40. The van der Waals surface area contributed by atoms with Gasteiger partial charge >= 0.3 is 6.10 Å². The number of aromatic nitrogens is 4. The van der Waals surface area contributed by atoms with Crippen LogP contribution >= 0.6 is 0 Å². The lowest BCUT2D eigenvalue weighted by Gasteiger charge is -2.32. The summed E-state index contributed by atoms with van der Waals surface area (Å²) in [5, 5.41) is 50.6. The van der Waals surface area contributed by atoms with Crippen molar-refractivity contribution in [3.05, 3.63) is 41.7 Å². The highest BCUT2D eigenvalue weighted by Gasteiger charge is 2.31. The third kappa shape index (κ3) is 7.77. The second kappa shape index (κ2) is 13.4. The molecule has 2 fully saturated rings. The number of anilines is 3. The monoisotopic (exact) mass is 637 g/mol. The predicted molar refractivity (Wildman–Crippen MR) is 166 cm³/mol. The lowest BCUT2D eigenvalue weighted by atomic mass is 9.90. The van der Waals surface area contributed by atoms with Crippen molar-refractivity contribution in [2.24, 2.45) is 13.0 Å². The van der Waals surface area contributed by atoms with E-state index in [0.717, 1.165) is 38.5 Å². The van der Waals surface area contributed by atoms with Crippen LogP contribution in [0.2, 0.25) is 0 Å². The standard InChI is InChI=1S/C30H39N9O7/c1-38(2)18-12-10-17(11-13-18)31-28(41)23-14-21(37-39(23)3)19-6-5-7-20(26(19)46-4)32-22-15-24(33-27(40)16-8-9-16)35-36-25(22)29(42)34-30(43,44)45/h5-7,14-18,43-45H,8-13H2,1-4H3,(H,31,41)(H,34,42)(H2,32,33,35,40). The number of carbonyl (C=O) groups is 3. The molecule has 1 aromatic carbocycles. The van der Waals surface area contributed by atoms with Crippen LogP contribution in [0.15, 0.2) is 30.3 Å². The third-order valence-electron chi connectivity index (χ3n) is 8.13. The quantitative estimate of drug-likeness (QED) is 0.146. The van der Waals surface area contributed by atoms with E-state index in [1.165, 1.54) is 17.9 Å². The number of nitrogens with zero attached hydrogens (tertiary/aromatic N) is 5. The summed E-state index contributed by atoms with van der Waals surface area (Å²) in [7, 11) is 7.28. The average molecular weight is 638 g/mol. The molecule has 2 aliphatic rings. The maximum atomic E-state index is 13.3. The minimum atomic E-state index is -3.51. The van der Waals surface area contributed by atoms with E-state index in [0.29, 0.717) is 34.4 Å². The van der Waals surface area contributed by atoms with Gasteiger partial charge in [0.25, 0.3) is 11.8 Å². The Morgan fingerprint density at radius 1 is 0.978 bits per heavy atom. The minimum absolute atomic E-state index is 0.00312. The van der Waals surface area contributed by atoms with Crippen LogP contribution in [0.4, 0.5) is 17.2 Å². The fourth-order valence-corrected chi connectivity index (χ4v) is 5.51. The van der Waals surface area contributed by atoms with Gasteiger partial charge in [0.1, 0.15) is 5.69 Å². The molecule has 0 spiro atoms. The summed E-state index contributed by atoms with van der Waals surface area (Å²) in [6.07, 6.45) is 1.82. The molecule has 0 atom stereocenters. The van der Waals surface area contributed by atoms with E-state index < -0.39 is 17.7 Å². The van der Waals surface area contributed by atoms with E-state index >= 15 is 0 Å². The summed E-state index contributed by atoms with van der Waals surface area (Å²) in [6.45, 7) is 0. The number of aryl methyl sites for hydroxylation is 1. The van der Waals surface area contributed by atoms with Crippen LogP contribution in [-0.2, 0) is 11.8 Å². The van der Waals surface area contributed by atoms with Gasteiger partial charge in [-0.05, 0) is 70.8 Å². The lowest BCUT2D eigenvalue weighted by Crippen LogP contribution is -2.48. The fourth-order valence-electron chi connectivity index (χ4n) is 5.51. The maximum Gasteiger partial charge on any atom is 0.369 e. The summed E-state index contributed by atoms with van der Waals surface area (Å²) in [4.78, 5) is 40.6. The van der Waals surface area contributed by atoms with Crippen LogP contribution < -0.4 is 26.0 Å². The van der Waals surface area contributed by atoms with Crippen molar-refractivity contribution in [2.75, 3.05) is 31.8 Å². The highest BCUT2D eigenvalue weighted by Crippen LogP contribution is 2.38. The molecule has 0 unspecified atom stereocenters. The lowest BCUT2D eigenvalue weighted by molar-refractivity contribution is -0.323. The molecule has 0 aliphatic heterocycles. The molecule has 2 aromatic heterocycles. The Hall–Kier alpha value is -4.64. The van der Waals surface area contributed by atoms with Gasteiger partial charge in [0.15, 0.2) is 17.3 Å². The van der Waals surface area contributed by atoms with Crippen LogP contribution in [0.25, 0.3) is 11.3 Å². The van der Waals surface area contributed by atoms with Crippen molar-refractivity contribution in [1.29, 1.82) is 0 Å². The first kappa shape index (κ1) is 32.7. The maximum absolute atomic E-state index is 13.3. The van der Waals surface area contributed by atoms with Crippen LogP contribution in [-0.4, -0.2) is 97.3 Å². The topological polar surface area (TPSA) is 216 Å². The van der Waals surface area contributed by atoms with Crippen LogP contribution in [0.3, 0.4) is 0 Å². The van der Waals surface area contributed by atoms with Crippen LogP contribution in [0, 0.1) is 5.92 Å². The third-order valence-corrected chi connectivity index (χ3v) is 8.13. The second-order valence-corrected chi connectivity index (χ2v) is 11.8. The summed E-state index contributed by atoms with van der Waals surface area (Å²) in [5.74, 6) is -1.41. The molecule has 16 nitrogen and oxygen atoms in total. The normalized spacial score (nSPS) is 18.2. The molecule has 0 bridgehead atoms. The van der Waals surface area contributed by atoms with Gasteiger partial charge in [-0.3, -0.25) is 24.4 Å². The van der Waals surface area contributed by atoms with E-state index in [9.17, 15) is 29.7 Å². The van der Waals surface area contributed by atoms with Gasteiger partial charge in [-0.1, -0.05) is 6.07 Å². The number of hydrogen-bond acceptors (Lipinski definition) is 12.